The molecule has 35 heavy (non-hydrogen) atoms. The van der Waals surface area contributed by atoms with Crippen LogP contribution in [0.25, 0.3) is 10.9 Å². The van der Waals surface area contributed by atoms with Crippen molar-refractivity contribution in [3.63, 3.8) is 0 Å². The molecule has 0 unspecified atom stereocenters. The van der Waals surface area contributed by atoms with Crippen molar-refractivity contribution in [1.29, 1.82) is 0 Å². The molecule has 180 valence electrons. The van der Waals surface area contributed by atoms with Crippen LogP contribution >= 0.6 is 15.9 Å². The molecule has 0 saturated carbocycles. The molecule has 4 aromatic rings. The van der Waals surface area contributed by atoms with E-state index in [0.717, 1.165) is 37.4 Å². The first-order chi connectivity index (χ1) is 17.0. The summed E-state index contributed by atoms with van der Waals surface area (Å²) in [5, 5.41) is 3.74. The molecule has 3 heterocycles. The number of halogens is 1. The SMILES string of the molecule is CN1CCC(N(C)c2nc(Nc3cccc(Oc4ccccc4)c3)c3c(=O)[nH]cc(Br)c3n2)CC1. The smallest absolute Gasteiger partial charge is 0.261 e. The lowest BCUT2D eigenvalue weighted by atomic mass is 10.0. The van der Waals surface area contributed by atoms with Crippen LogP contribution < -0.4 is 20.5 Å². The Hall–Kier alpha value is -3.43. The van der Waals surface area contributed by atoms with Crippen molar-refractivity contribution in [2.45, 2.75) is 18.9 Å². The number of rotatable bonds is 6. The number of benzene rings is 2. The molecule has 2 aromatic carbocycles. The average molecular weight is 535 g/mol. The van der Waals surface area contributed by atoms with Crippen molar-refractivity contribution < 1.29 is 4.74 Å². The van der Waals surface area contributed by atoms with Gasteiger partial charge in [0.1, 0.15) is 22.7 Å². The Balaban J connectivity index is 1.51. The number of hydrogen-bond acceptors (Lipinski definition) is 7. The fourth-order valence-electron chi connectivity index (χ4n) is 4.30. The monoisotopic (exact) mass is 534 g/mol. The summed E-state index contributed by atoms with van der Waals surface area (Å²) in [6.07, 6.45) is 3.69. The molecule has 0 bridgehead atoms. The highest BCUT2D eigenvalue weighted by Crippen LogP contribution is 2.31. The van der Waals surface area contributed by atoms with E-state index in [1.165, 1.54) is 0 Å². The van der Waals surface area contributed by atoms with Gasteiger partial charge < -0.3 is 24.8 Å². The van der Waals surface area contributed by atoms with E-state index in [1.807, 2.05) is 61.6 Å². The first-order valence-electron chi connectivity index (χ1n) is 11.6. The van der Waals surface area contributed by atoms with Crippen molar-refractivity contribution in [3.05, 3.63) is 75.6 Å². The number of hydrogen-bond donors (Lipinski definition) is 2. The second-order valence-electron chi connectivity index (χ2n) is 8.77. The molecule has 8 nitrogen and oxygen atoms in total. The molecule has 2 N–H and O–H groups in total. The third-order valence-electron chi connectivity index (χ3n) is 6.31. The number of aromatic amines is 1. The number of para-hydroxylation sites is 1. The molecule has 0 radical (unpaired) electrons. The van der Waals surface area contributed by atoms with Gasteiger partial charge in [-0.15, -0.1) is 0 Å². The highest BCUT2D eigenvalue weighted by atomic mass is 79.9. The molecule has 0 atom stereocenters. The van der Waals surface area contributed by atoms with Crippen molar-refractivity contribution >= 4 is 44.3 Å². The normalized spacial score (nSPS) is 14.7. The minimum atomic E-state index is -0.254. The largest absolute Gasteiger partial charge is 0.457 e. The summed E-state index contributed by atoms with van der Waals surface area (Å²) in [6, 6.07) is 17.5. The number of H-pyrrole nitrogens is 1. The lowest BCUT2D eigenvalue weighted by Crippen LogP contribution is -2.42. The quantitative estimate of drug-likeness (QED) is 0.353. The number of fused-ring (bicyclic) bond motifs is 1. The van der Waals surface area contributed by atoms with Crippen molar-refractivity contribution in [3.8, 4) is 11.5 Å². The molecule has 0 aliphatic carbocycles. The van der Waals surface area contributed by atoms with Crippen LogP contribution in [0.3, 0.4) is 0 Å². The number of likely N-dealkylation sites (tertiary alicyclic amines) is 1. The van der Waals surface area contributed by atoms with E-state index in [1.54, 1.807) is 6.20 Å². The summed E-state index contributed by atoms with van der Waals surface area (Å²) in [6.45, 7) is 2.07. The Labute approximate surface area is 212 Å². The van der Waals surface area contributed by atoms with E-state index in [9.17, 15) is 4.79 Å². The maximum Gasteiger partial charge on any atom is 0.261 e. The summed E-state index contributed by atoms with van der Waals surface area (Å²) in [5.74, 6) is 2.46. The van der Waals surface area contributed by atoms with Crippen LogP contribution in [0.4, 0.5) is 17.5 Å². The van der Waals surface area contributed by atoms with Crippen LogP contribution in [0.1, 0.15) is 12.8 Å². The molecule has 0 spiro atoms. The van der Waals surface area contributed by atoms with Gasteiger partial charge in [-0.25, -0.2) is 4.98 Å². The number of aromatic nitrogens is 3. The van der Waals surface area contributed by atoms with Gasteiger partial charge in [0.2, 0.25) is 5.95 Å². The van der Waals surface area contributed by atoms with Crippen molar-refractivity contribution in [2.24, 2.45) is 0 Å². The third-order valence-corrected chi connectivity index (χ3v) is 6.91. The van der Waals surface area contributed by atoms with Gasteiger partial charge in [-0.2, -0.15) is 4.98 Å². The Morgan fingerprint density at radius 3 is 2.60 bits per heavy atom. The minimum Gasteiger partial charge on any atom is -0.457 e. The van der Waals surface area contributed by atoms with Crippen LogP contribution in [0.15, 0.2) is 70.1 Å². The van der Waals surface area contributed by atoms with Gasteiger partial charge in [0.25, 0.3) is 5.56 Å². The molecule has 1 aliphatic rings. The molecular weight excluding hydrogens is 508 g/mol. The molecule has 1 fully saturated rings. The maximum atomic E-state index is 12.8. The average Bonchev–Trinajstić information content (AvgIpc) is 2.87. The van der Waals surface area contributed by atoms with Crippen LogP contribution in [-0.2, 0) is 0 Å². The van der Waals surface area contributed by atoms with Crippen LogP contribution in [-0.4, -0.2) is 53.1 Å². The Morgan fingerprint density at radius 2 is 1.83 bits per heavy atom. The number of nitrogens with one attached hydrogen (secondary N) is 2. The van der Waals surface area contributed by atoms with Gasteiger partial charge in [-0.1, -0.05) is 24.3 Å². The van der Waals surface area contributed by atoms with Crippen LogP contribution in [0.5, 0.6) is 11.5 Å². The first kappa shape index (κ1) is 23.3. The summed E-state index contributed by atoms with van der Waals surface area (Å²) < 4.78 is 6.68. The standard InChI is InChI=1S/C26H27BrN6O2/c1-32-13-11-18(12-14-32)33(2)26-30-23-21(27)16-28-25(34)22(23)24(31-26)29-17-7-6-10-20(15-17)35-19-8-4-3-5-9-19/h3-10,15-16,18H,11-14H2,1-2H3,(H,28,34)(H,29,30,31). The van der Waals surface area contributed by atoms with Crippen molar-refractivity contribution in [1.82, 2.24) is 19.9 Å². The van der Waals surface area contributed by atoms with Gasteiger partial charge in [0.15, 0.2) is 0 Å². The van der Waals surface area contributed by atoms with Gasteiger partial charge in [0.05, 0.1) is 9.99 Å². The Morgan fingerprint density at radius 1 is 1.09 bits per heavy atom. The molecular formula is C26H27BrN6O2. The van der Waals surface area contributed by atoms with Gasteiger partial charge in [-0.05, 0) is 73.2 Å². The van der Waals surface area contributed by atoms with Gasteiger partial charge in [-0.3, -0.25) is 4.79 Å². The molecule has 1 saturated heterocycles. The topological polar surface area (TPSA) is 86.4 Å². The zero-order valence-corrected chi connectivity index (χ0v) is 21.2. The number of piperidine rings is 1. The third kappa shape index (κ3) is 5.16. The predicted octanol–water partition coefficient (Wildman–Crippen LogP) is 5.15. The van der Waals surface area contributed by atoms with Crippen LogP contribution in [0, 0.1) is 0 Å². The van der Waals surface area contributed by atoms with Crippen LogP contribution in [0.2, 0.25) is 0 Å². The Kier molecular flexibility index (Phi) is 6.70. The lowest BCUT2D eigenvalue weighted by molar-refractivity contribution is 0.252. The van der Waals surface area contributed by atoms with E-state index in [0.29, 0.717) is 38.9 Å². The zero-order chi connectivity index (χ0) is 24.4. The number of anilines is 3. The lowest BCUT2D eigenvalue weighted by Gasteiger charge is -2.35. The molecule has 1 aliphatic heterocycles. The molecule has 0 amide bonds. The number of pyridine rings is 1. The summed E-state index contributed by atoms with van der Waals surface area (Å²) >= 11 is 3.55. The first-order valence-corrected chi connectivity index (χ1v) is 12.4. The highest BCUT2D eigenvalue weighted by molar-refractivity contribution is 9.10. The van der Waals surface area contributed by atoms with Gasteiger partial charge in [0, 0.05) is 31.0 Å². The summed E-state index contributed by atoms with van der Waals surface area (Å²) in [7, 11) is 4.17. The van der Waals surface area contributed by atoms with E-state index >= 15 is 0 Å². The molecule has 5 rings (SSSR count). The second kappa shape index (κ2) is 10.1. The Bertz CT molecular complexity index is 1390. The van der Waals surface area contributed by atoms with E-state index in [2.05, 4.69) is 43.1 Å². The van der Waals surface area contributed by atoms with Gasteiger partial charge >= 0.3 is 0 Å². The molecule has 9 heteroatoms. The fourth-order valence-corrected chi connectivity index (χ4v) is 4.70. The van der Waals surface area contributed by atoms with E-state index in [4.69, 9.17) is 14.7 Å². The summed E-state index contributed by atoms with van der Waals surface area (Å²) in [4.78, 5) is 29.6. The zero-order valence-electron chi connectivity index (χ0n) is 19.7. The fraction of sp³-hybridized carbons (Fsp3) is 0.269. The predicted molar refractivity (Wildman–Crippen MR) is 143 cm³/mol. The highest BCUT2D eigenvalue weighted by Gasteiger charge is 2.24. The number of nitrogens with zero attached hydrogens (tertiary/aromatic N) is 4. The van der Waals surface area contributed by atoms with Crippen molar-refractivity contribution in [2.75, 3.05) is 37.4 Å². The molecule has 2 aromatic heterocycles. The summed E-state index contributed by atoms with van der Waals surface area (Å²) in [5.41, 5.74) is 1.07. The van der Waals surface area contributed by atoms with E-state index in [-0.39, 0.29) is 5.56 Å². The number of ether oxygens (including phenoxy) is 1. The van der Waals surface area contributed by atoms with E-state index < -0.39 is 0 Å². The second-order valence-corrected chi connectivity index (χ2v) is 9.63. The minimum absolute atomic E-state index is 0.254. The maximum absolute atomic E-state index is 12.8.